The van der Waals surface area contributed by atoms with Gasteiger partial charge in [0, 0.05) is 32.2 Å². The predicted octanol–water partition coefficient (Wildman–Crippen LogP) is 2.77. The molecule has 10 heteroatoms. The van der Waals surface area contributed by atoms with Crippen molar-refractivity contribution in [2.45, 2.75) is 24.2 Å². The summed E-state index contributed by atoms with van der Waals surface area (Å²) in [6.07, 6.45) is 0. The Balaban J connectivity index is 1.51. The number of carbonyl (C=O) groups is 2. The van der Waals surface area contributed by atoms with Crippen LogP contribution in [0.25, 0.3) is 0 Å². The number of hydrogen-bond acceptors (Lipinski definition) is 7. The average molecular weight is 440 g/mol. The van der Waals surface area contributed by atoms with E-state index >= 15 is 0 Å². The Morgan fingerprint density at radius 1 is 1.21 bits per heavy atom. The monoisotopic (exact) mass is 439 g/mol. The average Bonchev–Trinajstić information content (AvgIpc) is 3.15. The van der Waals surface area contributed by atoms with Gasteiger partial charge in [-0.15, -0.1) is 10.2 Å². The number of amides is 2. The zero-order valence-electron chi connectivity index (χ0n) is 15.7. The van der Waals surface area contributed by atoms with E-state index in [-0.39, 0.29) is 17.9 Å². The fourth-order valence-corrected chi connectivity index (χ4v) is 4.71. The minimum absolute atomic E-state index is 0.0107. The predicted molar refractivity (Wildman–Crippen MR) is 113 cm³/mol. The quantitative estimate of drug-likeness (QED) is 0.697. The van der Waals surface area contributed by atoms with Crippen molar-refractivity contribution in [3.05, 3.63) is 34.9 Å². The molecular weight excluding hydrogens is 418 g/mol. The van der Waals surface area contributed by atoms with Gasteiger partial charge in [-0.2, -0.15) is 0 Å². The van der Waals surface area contributed by atoms with Crippen molar-refractivity contribution in [1.82, 2.24) is 20.4 Å². The molecule has 0 atom stereocenters. The van der Waals surface area contributed by atoms with Gasteiger partial charge < -0.3 is 15.1 Å². The number of carbonyl (C=O) groups excluding carboxylic acids is 2. The Kier molecular flexibility index (Phi) is 7.14. The standard InChI is InChI=1S/C18H22ClN5O2S2/c1-12(2)20-15(25)11-27-18-22-21-17(28-18)24-9-7-23(8-10-24)16(26)13-5-3-4-6-14(13)19/h3-6,12H,7-11H2,1-2H3,(H,20,25). The fourth-order valence-electron chi connectivity index (χ4n) is 2.79. The van der Waals surface area contributed by atoms with Gasteiger partial charge in [0.2, 0.25) is 11.0 Å². The number of benzene rings is 1. The Labute approximate surface area is 177 Å². The first kappa shape index (κ1) is 20.9. The molecule has 1 saturated heterocycles. The van der Waals surface area contributed by atoms with Crippen LogP contribution in [0.2, 0.25) is 5.02 Å². The van der Waals surface area contributed by atoms with E-state index in [9.17, 15) is 9.59 Å². The number of aromatic nitrogens is 2. The van der Waals surface area contributed by atoms with Crippen LogP contribution in [0.15, 0.2) is 28.6 Å². The third-order valence-electron chi connectivity index (χ3n) is 4.11. The van der Waals surface area contributed by atoms with Crippen LogP contribution in [0, 0.1) is 0 Å². The topological polar surface area (TPSA) is 78.4 Å². The summed E-state index contributed by atoms with van der Waals surface area (Å²) in [5, 5.41) is 12.6. The third kappa shape index (κ3) is 5.36. The number of anilines is 1. The molecule has 1 fully saturated rings. The van der Waals surface area contributed by atoms with Gasteiger partial charge in [-0.1, -0.05) is 46.8 Å². The summed E-state index contributed by atoms with van der Waals surface area (Å²) in [6, 6.07) is 7.24. The Morgan fingerprint density at radius 2 is 1.93 bits per heavy atom. The maximum Gasteiger partial charge on any atom is 0.255 e. The molecule has 150 valence electrons. The molecule has 0 spiro atoms. The van der Waals surface area contributed by atoms with Crippen molar-refractivity contribution in [2.24, 2.45) is 0 Å². The van der Waals surface area contributed by atoms with Gasteiger partial charge in [0.25, 0.3) is 5.91 Å². The lowest BCUT2D eigenvalue weighted by Gasteiger charge is -2.34. The molecule has 28 heavy (non-hydrogen) atoms. The summed E-state index contributed by atoms with van der Waals surface area (Å²) in [6.45, 7) is 6.43. The summed E-state index contributed by atoms with van der Waals surface area (Å²) in [5.74, 6) is 0.269. The molecule has 1 aromatic heterocycles. The van der Waals surface area contributed by atoms with E-state index in [1.54, 1.807) is 12.1 Å². The van der Waals surface area contributed by atoms with E-state index in [0.29, 0.717) is 42.5 Å². The highest BCUT2D eigenvalue weighted by atomic mass is 35.5. The number of nitrogens with zero attached hydrogens (tertiary/aromatic N) is 4. The van der Waals surface area contributed by atoms with Gasteiger partial charge in [-0.3, -0.25) is 9.59 Å². The largest absolute Gasteiger partial charge is 0.353 e. The van der Waals surface area contributed by atoms with Crippen molar-refractivity contribution < 1.29 is 9.59 Å². The molecule has 0 aliphatic carbocycles. The summed E-state index contributed by atoms with van der Waals surface area (Å²) in [5.41, 5.74) is 0.534. The van der Waals surface area contributed by atoms with Crippen molar-refractivity contribution in [3.8, 4) is 0 Å². The summed E-state index contributed by atoms with van der Waals surface area (Å²) in [4.78, 5) is 28.3. The van der Waals surface area contributed by atoms with Crippen LogP contribution in [0.4, 0.5) is 5.13 Å². The molecular formula is C18H22ClN5O2S2. The van der Waals surface area contributed by atoms with Gasteiger partial charge >= 0.3 is 0 Å². The molecule has 2 amide bonds. The number of piperazine rings is 1. The minimum atomic E-state index is -0.0464. The highest BCUT2D eigenvalue weighted by Crippen LogP contribution is 2.29. The molecule has 0 radical (unpaired) electrons. The lowest BCUT2D eigenvalue weighted by Crippen LogP contribution is -2.48. The number of halogens is 1. The maximum atomic E-state index is 12.6. The van der Waals surface area contributed by atoms with Crippen LogP contribution in [-0.2, 0) is 4.79 Å². The molecule has 0 unspecified atom stereocenters. The minimum Gasteiger partial charge on any atom is -0.353 e. The molecule has 0 bridgehead atoms. The van der Waals surface area contributed by atoms with Gasteiger partial charge in [0.1, 0.15) is 0 Å². The summed E-state index contributed by atoms with van der Waals surface area (Å²) in [7, 11) is 0. The highest BCUT2D eigenvalue weighted by Gasteiger charge is 2.25. The van der Waals surface area contributed by atoms with E-state index in [0.717, 1.165) is 9.47 Å². The van der Waals surface area contributed by atoms with Crippen molar-refractivity contribution in [2.75, 3.05) is 36.8 Å². The number of rotatable bonds is 6. The molecule has 3 rings (SSSR count). The van der Waals surface area contributed by atoms with E-state index in [1.807, 2.05) is 30.9 Å². The SMILES string of the molecule is CC(C)NC(=O)CSc1nnc(N2CCN(C(=O)c3ccccc3Cl)CC2)s1. The van der Waals surface area contributed by atoms with Gasteiger partial charge in [-0.25, -0.2) is 0 Å². The summed E-state index contributed by atoms with van der Waals surface area (Å²) < 4.78 is 0.767. The lowest BCUT2D eigenvalue weighted by molar-refractivity contribution is -0.119. The Bertz CT molecular complexity index is 837. The van der Waals surface area contributed by atoms with E-state index in [2.05, 4.69) is 20.4 Å². The van der Waals surface area contributed by atoms with E-state index < -0.39 is 0 Å². The smallest absolute Gasteiger partial charge is 0.255 e. The molecule has 1 N–H and O–H groups in total. The normalized spacial score (nSPS) is 14.4. The Morgan fingerprint density at radius 3 is 2.61 bits per heavy atom. The van der Waals surface area contributed by atoms with Crippen LogP contribution in [0.3, 0.4) is 0 Å². The molecule has 1 aliphatic heterocycles. The second-order valence-electron chi connectivity index (χ2n) is 6.62. The molecule has 1 aliphatic rings. The lowest BCUT2D eigenvalue weighted by atomic mass is 10.2. The molecule has 1 aromatic carbocycles. The van der Waals surface area contributed by atoms with Crippen LogP contribution in [0.5, 0.6) is 0 Å². The zero-order valence-corrected chi connectivity index (χ0v) is 18.1. The Hall–Kier alpha value is -1.84. The first-order chi connectivity index (χ1) is 13.4. The number of thioether (sulfide) groups is 1. The number of nitrogens with one attached hydrogen (secondary N) is 1. The van der Waals surface area contributed by atoms with Gasteiger partial charge in [0.15, 0.2) is 4.34 Å². The van der Waals surface area contributed by atoms with Gasteiger partial charge in [-0.05, 0) is 26.0 Å². The van der Waals surface area contributed by atoms with Crippen molar-refractivity contribution in [3.63, 3.8) is 0 Å². The van der Waals surface area contributed by atoms with E-state index in [4.69, 9.17) is 11.6 Å². The van der Waals surface area contributed by atoms with Crippen LogP contribution >= 0.6 is 34.7 Å². The van der Waals surface area contributed by atoms with Crippen LogP contribution in [-0.4, -0.2) is 64.9 Å². The summed E-state index contributed by atoms with van der Waals surface area (Å²) >= 11 is 9.00. The van der Waals surface area contributed by atoms with Crippen molar-refractivity contribution >= 4 is 51.6 Å². The van der Waals surface area contributed by atoms with Crippen LogP contribution < -0.4 is 10.2 Å². The maximum absolute atomic E-state index is 12.6. The molecule has 7 nitrogen and oxygen atoms in total. The first-order valence-corrected chi connectivity index (χ1v) is 11.2. The molecule has 2 aromatic rings. The van der Waals surface area contributed by atoms with Crippen LogP contribution in [0.1, 0.15) is 24.2 Å². The molecule has 0 saturated carbocycles. The second-order valence-corrected chi connectivity index (χ2v) is 9.21. The molecule has 2 heterocycles. The van der Waals surface area contributed by atoms with Gasteiger partial charge in [0.05, 0.1) is 16.3 Å². The first-order valence-electron chi connectivity index (χ1n) is 8.98. The van der Waals surface area contributed by atoms with Crippen molar-refractivity contribution in [1.29, 1.82) is 0 Å². The second kappa shape index (κ2) is 9.58. The number of hydrogen-bond donors (Lipinski definition) is 1. The van der Waals surface area contributed by atoms with E-state index in [1.165, 1.54) is 23.1 Å². The highest BCUT2D eigenvalue weighted by molar-refractivity contribution is 8.01. The third-order valence-corrected chi connectivity index (χ3v) is 6.56. The fraction of sp³-hybridized carbons (Fsp3) is 0.444. The zero-order chi connectivity index (χ0) is 20.1.